The van der Waals surface area contributed by atoms with E-state index in [1.165, 1.54) is 0 Å². The molecular formula is C13H14N2. The molecule has 1 N–H and O–H groups in total. The minimum atomic E-state index is 0.306. The summed E-state index contributed by atoms with van der Waals surface area (Å²) in [4.78, 5) is 0. The van der Waals surface area contributed by atoms with Crippen LogP contribution in [0, 0.1) is 23.7 Å². The third-order valence-electron chi connectivity index (χ3n) is 2.13. The first kappa shape index (κ1) is 11.3. The second-order valence-corrected chi connectivity index (χ2v) is 3.50. The topological polar surface area (TPSA) is 35.8 Å². The predicted octanol–water partition coefficient (Wildman–Crippen LogP) is 2.06. The lowest BCUT2D eigenvalue weighted by atomic mass is 10.1. The first-order valence-corrected chi connectivity index (χ1v) is 4.92. The summed E-state index contributed by atoms with van der Waals surface area (Å²) in [6, 6.07) is 10.00. The van der Waals surface area contributed by atoms with Gasteiger partial charge in [-0.15, -0.1) is 12.3 Å². The minimum Gasteiger partial charge on any atom is -0.309 e. The van der Waals surface area contributed by atoms with E-state index in [-0.39, 0.29) is 0 Å². The molecule has 0 heterocycles. The highest BCUT2D eigenvalue weighted by Crippen LogP contribution is 2.04. The zero-order valence-electron chi connectivity index (χ0n) is 8.83. The van der Waals surface area contributed by atoms with Crippen LogP contribution < -0.4 is 5.32 Å². The Morgan fingerprint density at radius 3 is 3.00 bits per heavy atom. The Morgan fingerprint density at radius 1 is 1.53 bits per heavy atom. The molecule has 0 amide bonds. The van der Waals surface area contributed by atoms with Crippen molar-refractivity contribution in [2.75, 3.05) is 0 Å². The van der Waals surface area contributed by atoms with Crippen molar-refractivity contribution in [2.45, 2.75) is 25.9 Å². The SMILES string of the molecule is C#CCC(C)NCc1cccc(C#N)c1. The van der Waals surface area contributed by atoms with Gasteiger partial charge in [-0.05, 0) is 24.6 Å². The first-order chi connectivity index (χ1) is 7.26. The van der Waals surface area contributed by atoms with Crippen molar-refractivity contribution in [3.63, 3.8) is 0 Å². The van der Waals surface area contributed by atoms with Crippen molar-refractivity contribution in [1.82, 2.24) is 5.32 Å². The van der Waals surface area contributed by atoms with E-state index in [2.05, 4.69) is 17.3 Å². The Kier molecular flexibility index (Phi) is 4.41. The van der Waals surface area contributed by atoms with E-state index in [0.717, 1.165) is 18.5 Å². The average Bonchev–Trinajstić information content (AvgIpc) is 2.27. The van der Waals surface area contributed by atoms with E-state index in [9.17, 15) is 0 Å². The zero-order chi connectivity index (χ0) is 11.1. The lowest BCUT2D eigenvalue weighted by Crippen LogP contribution is -2.24. The van der Waals surface area contributed by atoms with Crippen molar-refractivity contribution in [3.8, 4) is 18.4 Å². The van der Waals surface area contributed by atoms with Crippen molar-refractivity contribution >= 4 is 0 Å². The fourth-order valence-electron chi connectivity index (χ4n) is 1.29. The molecular weight excluding hydrogens is 184 g/mol. The van der Waals surface area contributed by atoms with Gasteiger partial charge in [0.2, 0.25) is 0 Å². The molecule has 1 aromatic carbocycles. The Morgan fingerprint density at radius 2 is 2.33 bits per heavy atom. The number of hydrogen-bond donors (Lipinski definition) is 1. The quantitative estimate of drug-likeness (QED) is 0.752. The van der Waals surface area contributed by atoms with Crippen LogP contribution in [0.3, 0.4) is 0 Å². The lowest BCUT2D eigenvalue weighted by molar-refractivity contribution is 0.559. The fraction of sp³-hybridized carbons (Fsp3) is 0.308. The normalized spacial score (nSPS) is 11.4. The van der Waals surface area contributed by atoms with Gasteiger partial charge in [-0.1, -0.05) is 12.1 Å². The summed E-state index contributed by atoms with van der Waals surface area (Å²) >= 11 is 0. The molecule has 0 spiro atoms. The number of nitriles is 1. The van der Waals surface area contributed by atoms with Gasteiger partial charge in [0.1, 0.15) is 0 Å². The van der Waals surface area contributed by atoms with Crippen molar-refractivity contribution in [3.05, 3.63) is 35.4 Å². The highest BCUT2D eigenvalue weighted by Gasteiger charge is 1.99. The lowest BCUT2D eigenvalue weighted by Gasteiger charge is -2.10. The molecule has 1 unspecified atom stereocenters. The van der Waals surface area contributed by atoms with E-state index in [1.807, 2.05) is 25.1 Å². The molecule has 1 rings (SSSR count). The van der Waals surface area contributed by atoms with Crippen LogP contribution in [0.5, 0.6) is 0 Å². The summed E-state index contributed by atoms with van der Waals surface area (Å²) in [7, 11) is 0. The number of rotatable bonds is 4. The Balaban J connectivity index is 2.52. The predicted molar refractivity (Wildman–Crippen MR) is 60.9 cm³/mol. The van der Waals surface area contributed by atoms with Gasteiger partial charge in [0.05, 0.1) is 11.6 Å². The number of benzene rings is 1. The second-order valence-electron chi connectivity index (χ2n) is 3.50. The van der Waals surface area contributed by atoms with Gasteiger partial charge >= 0.3 is 0 Å². The zero-order valence-corrected chi connectivity index (χ0v) is 8.83. The molecule has 1 aromatic rings. The molecule has 0 aliphatic carbocycles. The van der Waals surface area contributed by atoms with Crippen LogP contribution in [-0.2, 0) is 6.54 Å². The highest BCUT2D eigenvalue weighted by molar-refractivity contribution is 5.32. The van der Waals surface area contributed by atoms with Crippen LogP contribution in [0.25, 0.3) is 0 Å². The molecule has 1 atom stereocenters. The molecule has 2 heteroatoms. The molecule has 15 heavy (non-hydrogen) atoms. The van der Waals surface area contributed by atoms with Gasteiger partial charge in [-0.3, -0.25) is 0 Å². The maximum Gasteiger partial charge on any atom is 0.0991 e. The van der Waals surface area contributed by atoms with E-state index in [4.69, 9.17) is 11.7 Å². The van der Waals surface area contributed by atoms with Crippen molar-refractivity contribution in [1.29, 1.82) is 5.26 Å². The van der Waals surface area contributed by atoms with E-state index in [0.29, 0.717) is 11.6 Å². The summed E-state index contributed by atoms with van der Waals surface area (Å²) < 4.78 is 0. The summed E-state index contributed by atoms with van der Waals surface area (Å²) in [6.07, 6.45) is 5.93. The third kappa shape index (κ3) is 3.85. The van der Waals surface area contributed by atoms with E-state index in [1.54, 1.807) is 6.07 Å². The van der Waals surface area contributed by atoms with Crippen molar-refractivity contribution in [2.24, 2.45) is 0 Å². The summed E-state index contributed by atoms with van der Waals surface area (Å²) in [5, 5.41) is 12.0. The van der Waals surface area contributed by atoms with Gasteiger partial charge < -0.3 is 5.32 Å². The van der Waals surface area contributed by atoms with Gasteiger partial charge in [0, 0.05) is 19.0 Å². The smallest absolute Gasteiger partial charge is 0.0991 e. The van der Waals surface area contributed by atoms with Crippen LogP contribution in [0.1, 0.15) is 24.5 Å². The van der Waals surface area contributed by atoms with Crippen LogP contribution in [-0.4, -0.2) is 6.04 Å². The molecule has 0 aliphatic rings. The Bertz CT molecular complexity index is 396. The van der Waals surface area contributed by atoms with E-state index >= 15 is 0 Å². The third-order valence-corrected chi connectivity index (χ3v) is 2.13. The molecule has 0 aliphatic heterocycles. The molecule has 0 radical (unpaired) electrons. The molecule has 0 saturated carbocycles. The number of hydrogen-bond acceptors (Lipinski definition) is 2. The molecule has 0 aromatic heterocycles. The number of nitrogens with one attached hydrogen (secondary N) is 1. The van der Waals surface area contributed by atoms with Crippen LogP contribution >= 0.6 is 0 Å². The molecule has 76 valence electrons. The number of terminal acetylenes is 1. The van der Waals surface area contributed by atoms with Gasteiger partial charge in [0.25, 0.3) is 0 Å². The van der Waals surface area contributed by atoms with Crippen LogP contribution in [0.4, 0.5) is 0 Å². The summed E-state index contributed by atoms with van der Waals surface area (Å²) in [5.74, 6) is 2.61. The molecule has 2 nitrogen and oxygen atoms in total. The molecule has 0 fully saturated rings. The molecule has 0 saturated heterocycles. The average molecular weight is 198 g/mol. The van der Waals surface area contributed by atoms with Gasteiger partial charge in [-0.2, -0.15) is 5.26 Å². The Labute approximate surface area is 90.9 Å². The van der Waals surface area contributed by atoms with Crippen molar-refractivity contribution < 1.29 is 0 Å². The molecule has 0 bridgehead atoms. The maximum atomic E-state index is 8.73. The first-order valence-electron chi connectivity index (χ1n) is 4.92. The Hall–Kier alpha value is -1.77. The van der Waals surface area contributed by atoms with Crippen LogP contribution in [0.15, 0.2) is 24.3 Å². The van der Waals surface area contributed by atoms with Gasteiger partial charge in [-0.25, -0.2) is 0 Å². The second kappa shape index (κ2) is 5.86. The highest BCUT2D eigenvalue weighted by atomic mass is 14.9. The summed E-state index contributed by atoms with van der Waals surface area (Å²) in [6.45, 7) is 2.80. The number of nitrogens with zero attached hydrogens (tertiary/aromatic N) is 1. The standard InChI is InChI=1S/C13H14N2/c1-3-5-11(2)15-10-13-7-4-6-12(8-13)9-14/h1,4,6-8,11,15H,5,10H2,2H3. The van der Waals surface area contributed by atoms with E-state index < -0.39 is 0 Å². The van der Waals surface area contributed by atoms with Crippen LogP contribution in [0.2, 0.25) is 0 Å². The fourth-order valence-corrected chi connectivity index (χ4v) is 1.29. The maximum absolute atomic E-state index is 8.73. The monoisotopic (exact) mass is 198 g/mol. The van der Waals surface area contributed by atoms with Gasteiger partial charge in [0.15, 0.2) is 0 Å². The largest absolute Gasteiger partial charge is 0.309 e. The summed E-state index contributed by atoms with van der Waals surface area (Å²) in [5.41, 5.74) is 1.80. The minimum absolute atomic E-state index is 0.306.